The Labute approximate surface area is 97.5 Å². The van der Waals surface area contributed by atoms with Crippen LogP contribution in [0.2, 0.25) is 0 Å². The Balaban J connectivity index is 3.09. The lowest BCUT2D eigenvalue weighted by Crippen LogP contribution is -2.11. The van der Waals surface area contributed by atoms with Gasteiger partial charge in [0.05, 0.1) is 13.2 Å². The van der Waals surface area contributed by atoms with E-state index < -0.39 is 11.9 Å². The number of esters is 2. The lowest BCUT2D eigenvalue weighted by molar-refractivity contribution is 0.0451. The Morgan fingerprint density at radius 3 is 2.35 bits per heavy atom. The number of aldehydes is 1. The summed E-state index contributed by atoms with van der Waals surface area (Å²) >= 11 is 0. The minimum atomic E-state index is -0.802. The smallest absolute Gasteiger partial charge is 0.375 e. The van der Waals surface area contributed by atoms with Gasteiger partial charge in [0.2, 0.25) is 5.76 Å². The molecule has 0 aliphatic carbocycles. The third kappa shape index (κ3) is 2.93. The molecule has 1 aromatic heterocycles. The van der Waals surface area contributed by atoms with Crippen LogP contribution in [0.1, 0.15) is 45.3 Å². The van der Waals surface area contributed by atoms with E-state index in [-0.39, 0.29) is 30.3 Å². The van der Waals surface area contributed by atoms with E-state index >= 15 is 0 Å². The Bertz CT molecular complexity index is 396. The van der Waals surface area contributed by atoms with Crippen molar-refractivity contribution in [3.8, 4) is 0 Å². The maximum absolute atomic E-state index is 11.5. The van der Waals surface area contributed by atoms with Crippen molar-refractivity contribution in [3.63, 3.8) is 0 Å². The highest BCUT2D eigenvalue weighted by Crippen LogP contribution is 2.17. The van der Waals surface area contributed by atoms with Crippen molar-refractivity contribution in [2.24, 2.45) is 0 Å². The molecule has 6 nitrogen and oxygen atoms in total. The van der Waals surface area contributed by atoms with E-state index in [0.29, 0.717) is 6.29 Å². The molecule has 17 heavy (non-hydrogen) atoms. The summed E-state index contributed by atoms with van der Waals surface area (Å²) in [4.78, 5) is 33.5. The average Bonchev–Trinajstić information content (AvgIpc) is 2.73. The lowest BCUT2D eigenvalue weighted by atomic mass is 10.2. The number of carbonyl (C=O) groups excluding carboxylic acids is 3. The second kappa shape index (κ2) is 5.83. The molecular formula is C11H12O6. The molecule has 1 rings (SSSR count). The number of furan rings is 1. The number of hydrogen-bond donors (Lipinski definition) is 0. The number of rotatable bonds is 5. The summed E-state index contributed by atoms with van der Waals surface area (Å²) < 4.78 is 14.3. The molecule has 0 aliphatic heterocycles. The maximum Gasteiger partial charge on any atom is 0.375 e. The molecule has 6 heteroatoms. The molecule has 0 saturated carbocycles. The Morgan fingerprint density at radius 2 is 1.82 bits per heavy atom. The Morgan fingerprint density at radius 1 is 1.24 bits per heavy atom. The molecule has 0 amide bonds. The van der Waals surface area contributed by atoms with Crippen LogP contribution in [0.5, 0.6) is 0 Å². The van der Waals surface area contributed by atoms with Crippen LogP contribution in [-0.2, 0) is 9.47 Å². The predicted molar refractivity (Wildman–Crippen MR) is 56.0 cm³/mol. The minimum Gasteiger partial charge on any atom is -0.462 e. The summed E-state index contributed by atoms with van der Waals surface area (Å²) in [6, 6.07) is 1.15. The average molecular weight is 240 g/mol. The van der Waals surface area contributed by atoms with Gasteiger partial charge in [-0.25, -0.2) is 9.59 Å². The van der Waals surface area contributed by atoms with E-state index in [0.717, 1.165) is 6.07 Å². The second-order valence-corrected chi connectivity index (χ2v) is 2.95. The van der Waals surface area contributed by atoms with Gasteiger partial charge in [0.15, 0.2) is 12.0 Å². The molecular weight excluding hydrogens is 228 g/mol. The van der Waals surface area contributed by atoms with Crippen LogP contribution >= 0.6 is 0 Å². The predicted octanol–water partition coefficient (Wildman–Crippen LogP) is 1.45. The highest BCUT2D eigenvalue weighted by atomic mass is 16.5. The summed E-state index contributed by atoms with van der Waals surface area (Å²) in [5, 5.41) is 0. The zero-order chi connectivity index (χ0) is 12.8. The maximum atomic E-state index is 11.5. The number of ether oxygens (including phenoxy) is 2. The fraction of sp³-hybridized carbons (Fsp3) is 0.364. The van der Waals surface area contributed by atoms with Crippen LogP contribution in [-0.4, -0.2) is 31.4 Å². The largest absolute Gasteiger partial charge is 0.462 e. The fourth-order valence-electron chi connectivity index (χ4n) is 1.18. The van der Waals surface area contributed by atoms with Gasteiger partial charge in [-0.2, -0.15) is 0 Å². The third-order valence-corrected chi connectivity index (χ3v) is 1.82. The molecule has 0 aliphatic rings. The van der Waals surface area contributed by atoms with Crippen molar-refractivity contribution in [2.45, 2.75) is 13.8 Å². The van der Waals surface area contributed by atoms with Gasteiger partial charge < -0.3 is 13.9 Å². The molecule has 0 atom stereocenters. The molecule has 1 aromatic rings. The van der Waals surface area contributed by atoms with Crippen molar-refractivity contribution in [1.82, 2.24) is 0 Å². The molecule has 0 fully saturated rings. The summed E-state index contributed by atoms with van der Waals surface area (Å²) in [7, 11) is 0. The lowest BCUT2D eigenvalue weighted by Gasteiger charge is -2.01. The summed E-state index contributed by atoms with van der Waals surface area (Å²) in [6.07, 6.45) is 0.394. The van der Waals surface area contributed by atoms with Crippen molar-refractivity contribution in [2.75, 3.05) is 13.2 Å². The summed E-state index contributed by atoms with van der Waals surface area (Å²) in [5.74, 6) is -1.97. The van der Waals surface area contributed by atoms with Crippen LogP contribution in [0.15, 0.2) is 10.5 Å². The van der Waals surface area contributed by atoms with Crippen LogP contribution < -0.4 is 0 Å². The van der Waals surface area contributed by atoms with E-state index in [1.54, 1.807) is 13.8 Å². The van der Waals surface area contributed by atoms with Crippen LogP contribution in [0.3, 0.4) is 0 Å². The van der Waals surface area contributed by atoms with Crippen LogP contribution in [0.25, 0.3) is 0 Å². The number of carbonyl (C=O) groups is 3. The van der Waals surface area contributed by atoms with Gasteiger partial charge >= 0.3 is 11.9 Å². The van der Waals surface area contributed by atoms with Gasteiger partial charge in [0.1, 0.15) is 5.56 Å². The van der Waals surface area contributed by atoms with Crippen LogP contribution in [0, 0.1) is 0 Å². The first-order valence-corrected chi connectivity index (χ1v) is 5.07. The van der Waals surface area contributed by atoms with Gasteiger partial charge in [-0.1, -0.05) is 0 Å². The molecule has 1 heterocycles. The van der Waals surface area contributed by atoms with E-state index in [9.17, 15) is 14.4 Å². The molecule has 0 spiro atoms. The molecule has 0 unspecified atom stereocenters. The van der Waals surface area contributed by atoms with E-state index in [4.69, 9.17) is 13.9 Å². The first-order valence-electron chi connectivity index (χ1n) is 5.07. The summed E-state index contributed by atoms with van der Waals surface area (Å²) in [5.41, 5.74) is -0.104. The molecule has 0 N–H and O–H groups in total. The Hall–Kier alpha value is -2.11. The van der Waals surface area contributed by atoms with Crippen LogP contribution in [0.4, 0.5) is 0 Å². The first kappa shape index (κ1) is 13.0. The Kier molecular flexibility index (Phi) is 4.45. The highest BCUT2D eigenvalue weighted by Gasteiger charge is 2.25. The van der Waals surface area contributed by atoms with E-state index in [1.807, 2.05) is 0 Å². The van der Waals surface area contributed by atoms with E-state index in [1.165, 1.54) is 0 Å². The first-order chi connectivity index (χ1) is 8.13. The second-order valence-electron chi connectivity index (χ2n) is 2.95. The fourth-order valence-corrected chi connectivity index (χ4v) is 1.18. The topological polar surface area (TPSA) is 82.8 Å². The van der Waals surface area contributed by atoms with Gasteiger partial charge in [0.25, 0.3) is 0 Å². The van der Waals surface area contributed by atoms with Gasteiger partial charge in [-0.3, -0.25) is 4.79 Å². The molecule has 0 bridgehead atoms. The minimum absolute atomic E-state index is 0.104. The van der Waals surface area contributed by atoms with Gasteiger partial charge in [-0.15, -0.1) is 0 Å². The SMILES string of the molecule is CCOC(=O)c1cc(C=O)oc1C(=O)OCC. The molecule has 92 valence electrons. The van der Waals surface area contributed by atoms with Gasteiger partial charge in [0, 0.05) is 6.07 Å². The van der Waals surface area contributed by atoms with Crippen molar-refractivity contribution in [1.29, 1.82) is 0 Å². The summed E-state index contributed by atoms with van der Waals surface area (Å²) in [6.45, 7) is 3.54. The van der Waals surface area contributed by atoms with Gasteiger partial charge in [-0.05, 0) is 13.8 Å². The zero-order valence-electron chi connectivity index (χ0n) is 9.52. The quantitative estimate of drug-likeness (QED) is 0.572. The standard InChI is InChI=1S/C11H12O6/c1-3-15-10(13)8-5-7(6-12)17-9(8)11(14)16-4-2/h5-6H,3-4H2,1-2H3. The number of hydrogen-bond acceptors (Lipinski definition) is 6. The molecule has 0 saturated heterocycles. The van der Waals surface area contributed by atoms with Crippen molar-refractivity contribution < 1.29 is 28.3 Å². The normalized spacial score (nSPS) is 9.76. The van der Waals surface area contributed by atoms with Crippen molar-refractivity contribution >= 4 is 18.2 Å². The zero-order valence-corrected chi connectivity index (χ0v) is 9.52. The third-order valence-electron chi connectivity index (χ3n) is 1.82. The molecule has 0 aromatic carbocycles. The molecule has 0 radical (unpaired) electrons. The highest BCUT2D eigenvalue weighted by molar-refractivity contribution is 6.02. The van der Waals surface area contributed by atoms with E-state index in [2.05, 4.69) is 0 Å². The monoisotopic (exact) mass is 240 g/mol. The van der Waals surface area contributed by atoms with Crippen molar-refractivity contribution in [3.05, 3.63) is 23.2 Å².